The highest BCUT2D eigenvalue weighted by Gasteiger charge is 2.19. The van der Waals surface area contributed by atoms with Crippen LogP contribution < -0.4 is 0 Å². The van der Waals surface area contributed by atoms with Crippen LogP contribution >= 0.6 is 0 Å². The number of likely N-dealkylation sites (tertiary alicyclic amines) is 1. The Morgan fingerprint density at radius 3 is 2.29 bits per heavy atom. The van der Waals surface area contributed by atoms with E-state index >= 15 is 0 Å². The van der Waals surface area contributed by atoms with E-state index in [1.165, 1.54) is 19.3 Å². The highest BCUT2D eigenvalue weighted by molar-refractivity contribution is 5.72. The molecule has 0 aromatic heterocycles. The zero-order valence-electron chi connectivity index (χ0n) is 9.51. The Hall–Kier alpha value is -0.570. The Labute approximate surface area is 86.4 Å². The molecule has 3 heteroatoms. The Morgan fingerprint density at radius 1 is 1.21 bits per heavy atom. The van der Waals surface area contributed by atoms with Gasteiger partial charge < -0.3 is 4.74 Å². The van der Waals surface area contributed by atoms with E-state index < -0.39 is 0 Å². The first-order valence-electron chi connectivity index (χ1n) is 5.41. The maximum atomic E-state index is 11.5. The molecule has 1 rings (SSSR count). The summed E-state index contributed by atoms with van der Waals surface area (Å²) in [4.78, 5) is 13.6. The number of carbonyl (C=O) groups excluding carboxylic acids is 1. The number of esters is 1. The molecule has 0 aliphatic carbocycles. The summed E-state index contributed by atoms with van der Waals surface area (Å²) in [6.45, 7) is 8.25. The van der Waals surface area contributed by atoms with Gasteiger partial charge in [0.1, 0.15) is 5.60 Å². The average Bonchev–Trinajstić information content (AvgIpc) is 2.02. The van der Waals surface area contributed by atoms with Gasteiger partial charge in [-0.25, -0.2) is 0 Å². The predicted molar refractivity (Wildman–Crippen MR) is 56.1 cm³/mol. The van der Waals surface area contributed by atoms with E-state index in [1.807, 2.05) is 20.8 Å². The Morgan fingerprint density at radius 2 is 1.79 bits per heavy atom. The third-order valence-corrected chi connectivity index (χ3v) is 2.22. The molecule has 1 saturated heterocycles. The van der Waals surface area contributed by atoms with Crippen molar-refractivity contribution >= 4 is 5.97 Å². The van der Waals surface area contributed by atoms with Gasteiger partial charge in [0.25, 0.3) is 0 Å². The van der Waals surface area contributed by atoms with Crippen LogP contribution in [0.5, 0.6) is 0 Å². The summed E-state index contributed by atoms with van der Waals surface area (Å²) in [6, 6.07) is 0. The lowest BCUT2D eigenvalue weighted by Gasteiger charge is -2.27. The van der Waals surface area contributed by atoms with Gasteiger partial charge in [-0.15, -0.1) is 0 Å². The van der Waals surface area contributed by atoms with Crippen LogP contribution in [0.15, 0.2) is 0 Å². The van der Waals surface area contributed by atoms with Gasteiger partial charge in [-0.1, -0.05) is 6.42 Å². The van der Waals surface area contributed by atoms with E-state index in [0.29, 0.717) is 6.54 Å². The highest BCUT2D eigenvalue weighted by Crippen LogP contribution is 2.11. The zero-order chi connectivity index (χ0) is 10.6. The van der Waals surface area contributed by atoms with Crippen molar-refractivity contribution in [3.8, 4) is 0 Å². The predicted octanol–water partition coefficient (Wildman–Crippen LogP) is 1.81. The number of nitrogens with zero attached hydrogens (tertiary/aromatic N) is 1. The van der Waals surface area contributed by atoms with Gasteiger partial charge in [-0.3, -0.25) is 9.69 Å². The van der Waals surface area contributed by atoms with Gasteiger partial charge in [-0.2, -0.15) is 0 Å². The molecule has 0 N–H and O–H groups in total. The third kappa shape index (κ3) is 4.61. The highest BCUT2D eigenvalue weighted by atomic mass is 16.6. The number of carbonyl (C=O) groups is 1. The maximum absolute atomic E-state index is 11.5. The summed E-state index contributed by atoms with van der Waals surface area (Å²) in [5.74, 6) is -0.0978. The molecule has 0 spiro atoms. The normalized spacial score (nSPS) is 19.4. The minimum absolute atomic E-state index is 0.0978. The van der Waals surface area contributed by atoms with Crippen LogP contribution in [0.1, 0.15) is 40.0 Å². The van der Waals surface area contributed by atoms with E-state index in [-0.39, 0.29) is 11.6 Å². The molecule has 1 fully saturated rings. The number of hydrogen-bond acceptors (Lipinski definition) is 3. The van der Waals surface area contributed by atoms with E-state index in [4.69, 9.17) is 4.74 Å². The molecule has 3 nitrogen and oxygen atoms in total. The minimum Gasteiger partial charge on any atom is -0.459 e. The van der Waals surface area contributed by atoms with Crippen molar-refractivity contribution in [3.63, 3.8) is 0 Å². The summed E-state index contributed by atoms with van der Waals surface area (Å²) in [5.41, 5.74) is -0.354. The molecule has 0 aromatic rings. The number of rotatable bonds is 2. The number of piperidine rings is 1. The number of ether oxygens (including phenoxy) is 1. The van der Waals surface area contributed by atoms with Crippen LogP contribution in [0.25, 0.3) is 0 Å². The molecule has 0 aromatic carbocycles. The van der Waals surface area contributed by atoms with Crippen molar-refractivity contribution in [1.82, 2.24) is 4.90 Å². The van der Waals surface area contributed by atoms with Crippen molar-refractivity contribution in [3.05, 3.63) is 0 Å². The van der Waals surface area contributed by atoms with E-state index in [0.717, 1.165) is 13.1 Å². The number of hydrogen-bond donors (Lipinski definition) is 0. The molecular formula is C11H21NO2. The average molecular weight is 199 g/mol. The lowest BCUT2D eigenvalue weighted by Crippen LogP contribution is -2.37. The lowest BCUT2D eigenvalue weighted by atomic mass is 10.1. The van der Waals surface area contributed by atoms with Crippen LogP contribution in [0.2, 0.25) is 0 Å². The summed E-state index contributed by atoms with van der Waals surface area (Å²) < 4.78 is 5.26. The van der Waals surface area contributed by atoms with Crippen molar-refractivity contribution in [2.24, 2.45) is 0 Å². The first-order valence-corrected chi connectivity index (χ1v) is 5.41. The smallest absolute Gasteiger partial charge is 0.320 e. The summed E-state index contributed by atoms with van der Waals surface area (Å²) in [6.07, 6.45) is 3.72. The fraction of sp³-hybridized carbons (Fsp3) is 0.909. The largest absolute Gasteiger partial charge is 0.459 e. The fourth-order valence-corrected chi connectivity index (χ4v) is 1.67. The third-order valence-electron chi connectivity index (χ3n) is 2.22. The quantitative estimate of drug-likeness (QED) is 0.635. The molecule has 0 bridgehead atoms. The minimum atomic E-state index is -0.354. The monoisotopic (exact) mass is 199 g/mol. The van der Waals surface area contributed by atoms with Gasteiger partial charge in [0.15, 0.2) is 0 Å². The van der Waals surface area contributed by atoms with Gasteiger partial charge >= 0.3 is 5.97 Å². The molecule has 0 unspecified atom stereocenters. The van der Waals surface area contributed by atoms with Gasteiger partial charge in [0.05, 0.1) is 6.54 Å². The Balaban J connectivity index is 2.25. The van der Waals surface area contributed by atoms with Crippen LogP contribution in [0.3, 0.4) is 0 Å². The van der Waals surface area contributed by atoms with E-state index in [9.17, 15) is 4.79 Å². The molecule has 0 atom stereocenters. The van der Waals surface area contributed by atoms with E-state index in [2.05, 4.69) is 4.90 Å². The molecule has 14 heavy (non-hydrogen) atoms. The maximum Gasteiger partial charge on any atom is 0.320 e. The fourth-order valence-electron chi connectivity index (χ4n) is 1.67. The molecule has 0 radical (unpaired) electrons. The van der Waals surface area contributed by atoms with Crippen molar-refractivity contribution in [2.45, 2.75) is 45.6 Å². The first kappa shape index (κ1) is 11.5. The second kappa shape index (κ2) is 4.78. The SMILES string of the molecule is CC(C)(C)OC(=O)CN1CCCCC1. The first-order chi connectivity index (χ1) is 6.47. The molecule has 0 amide bonds. The standard InChI is InChI=1S/C11H21NO2/c1-11(2,3)14-10(13)9-12-7-5-4-6-8-12/h4-9H2,1-3H3. The lowest BCUT2D eigenvalue weighted by molar-refractivity contribution is -0.156. The molecule has 1 heterocycles. The second-order valence-electron chi connectivity index (χ2n) is 4.92. The molecular weight excluding hydrogens is 178 g/mol. The van der Waals surface area contributed by atoms with Gasteiger partial charge in [0, 0.05) is 0 Å². The topological polar surface area (TPSA) is 29.5 Å². The van der Waals surface area contributed by atoms with Gasteiger partial charge in [-0.05, 0) is 46.7 Å². The zero-order valence-corrected chi connectivity index (χ0v) is 9.51. The van der Waals surface area contributed by atoms with Crippen LogP contribution in [0.4, 0.5) is 0 Å². The molecule has 1 aliphatic heterocycles. The summed E-state index contributed by atoms with van der Waals surface area (Å²) >= 11 is 0. The summed E-state index contributed by atoms with van der Waals surface area (Å²) in [7, 11) is 0. The second-order valence-corrected chi connectivity index (χ2v) is 4.92. The molecule has 0 saturated carbocycles. The van der Waals surface area contributed by atoms with E-state index in [1.54, 1.807) is 0 Å². The molecule has 1 aliphatic rings. The van der Waals surface area contributed by atoms with Gasteiger partial charge in [0.2, 0.25) is 0 Å². The van der Waals surface area contributed by atoms with Crippen molar-refractivity contribution < 1.29 is 9.53 Å². The van der Waals surface area contributed by atoms with Crippen LogP contribution in [-0.2, 0) is 9.53 Å². The molecule has 82 valence electrons. The van der Waals surface area contributed by atoms with Crippen LogP contribution in [0, 0.1) is 0 Å². The summed E-state index contributed by atoms with van der Waals surface area (Å²) in [5, 5.41) is 0. The Bertz CT molecular complexity index is 190. The van der Waals surface area contributed by atoms with Crippen molar-refractivity contribution in [2.75, 3.05) is 19.6 Å². The Kier molecular flexibility index (Phi) is 3.93. The van der Waals surface area contributed by atoms with Crippen LogP contribution in [-0.4, -0.2) is 36.1 Å². The van der Waals surface area contributed by atoms with Crippen molar-refractivity contribution in [1.29, 1.82) is 0 Å².